The van der Waals surface area contributed by atoms with Gasteiger partial charge in [0.25, 0.3) is 5.69 Å². The molecule has 1 aliphatic rings. The molecule has 0 fully saturated rings. The van der Waals surface area contributed by atoms with Crippen LogP contribution >= 0.6 is 0 Å². The van der Waals surface area contributed by atoms with Crippen LogP contribution < -0.4 is 0 Å². The minimum atomic E-state index is -0.510. The van der Waals surface area contributed by atoms with E-state index in [4.69, 9.17) is 5.26 Å². The molecular weight excluding hydrogens is 258 g/mol. The smallest absolute Gasteiger partial charge is 0.270 e. The van der Waals surface area contributed by atoms with Crippen molar-refractivity contribution in [2.45, 2.75) is 0 Å². The highest BCUT2D eigenvalue weighted by atomic mass is 16.6. The number of nitriles is 1. The summed E-state index contributed by atoms with van der Waals surface area (Å²) in [5.41, 5.74) is 2.97. The fourth-order valence-corrected chi connectivity index (χ4v) is 2.45. The summed E-state index contributed by atoms with van der Waals surface area (Å²) in [6.45, 7) is 0. The maximum absolute atomic E-state index is 10.8. The summed E-state index contributed by atoms with van der Waals surface area (Å²) < 4.78 is 0. The Morgan fingerprint density at radius 2 is 2.00 bits per heavy atom. The summed E-state index contributed by atoms with van der Waals surface area (Å²) in [6.07, 6.45) is 0. The molecule has 96 valence electrons. The maximum Gasteiger partial charge on any atom is 0.270 e. The fourth-order valence-electron chi connectivity index (χ4n) is 2.45. The lowest BCUT2D eigenvalue weighted by molar-refractivity contribution is -0.384. The highest BCUT2D eigenvalue weighted by Crippen LogP contribution is 2.40. The van der Waals surface area contributed by atoms with E-state index in [1.54, 1.807) is 24.3 Å². The molecule has 0 spiro atoms. The Kier molecular flexibility index (Phi) is 2.48. The molecule has 2 aromatic carbocycles. The Morgan fingerprint density at radius 1 is 1.20 bits per heavy atom. The van der Waals surface area contributed by atoms with E-state index >= 15 is 0 Å². The van der Waals surface area contributed by atoms with E-state index < -0.39 is 4.92 Å². The van der Waals surface area contributed by atoms with Gasteiger partial charge in [-0.1, -0.05) is 17.3 Å². The zero-order chi connectivity index (χ0) is 14.3. The molecule has 0 amide bonds. The summed E-state index contributed by atoms with van der Waals surface area (Å²) >= 11 is 0. The highest BCUT2D eigenvalue weighted by Gasteiger charge is 2.29. The zero-order valence-corrected chi connectivity index (χ0v) is 10.1. The Hall–Kier alpha value is -3.20. The van der Waals surface area contributed by atoms with Crippen LogP contribution in [0.5, 0.6) is 0 Å². The van der Waals surface area contributed by atoms with Crippen LogP contribution in [-0.4, -0.2) is 15.8 Å². The predicted octanol–water partition coefficient (Wildman–Crippen LogP) is 2.67. The van der Waals surface area contributed by atoms with Crippen molar-refractivity contribution in [1.82, 2.24) is 0 Å². The van der Waals surface area contributed by atoms with Gasteiger partial charge in [-0.3, -0.25) is 10.1 Å². The molecule has 2 aromatic rings. The van der Waals surface area contributed by atoms with Crippen LogP contribution in [0.25, 0.3) is 11.1 Å². The van der Waals surface area contributed by atoms with Gasteiger partial charge in [0.1, 0.15) is 5.71 Å². The first-order valence-electron chi connectivity index (χ1n) is 5.72. The second-order valence-electron chi connectivity index (χ2n) is 4.28. The van der Waals surface area contributed by atoms with Crippen molar-refractivity contribution in [2.75, 3.05) is 0 Å². The summed E-state index contributed by atoms with van der Waals surface area (Å²) in [5.74, 6) is 0. The van der Waals surface area contributed by atoms with Crippen LogP contribution in [-0.2, 0) is 0 Å². The average molecular weight is 265 g/mol. The molecule has 0 saturated carbocycles. The number of hydrogen-bond acceptors (Lipinski definition) is 5. The summed E-state index contributed by atoms with van der Waals surface area (Å²) in [7, 11) is 0. The van der Waals surface area contributed by atoms with Crippen LogP contribution in [0, 0.1) is 21.4 Å². The number of nitro groups is 1. The second kappa shape index (κ2) is 4.17. The number of non-ortho nitro benzene ring substituents is 1. The van der Waals surface area contributed by atoms with E-state index in [1.807, 2.05) is 0 Å². The van der Waals surface area contributed by atoms with E-state index in [9.17, 15) is 15.3 Å². The van der Waals surface area contributed by atoms with Gasteiger partial charge in [-0.2, -0.15) is 5.26 Å². The first-order valence-corrected chi connectivity index (χ1v) is 5.72. The summed E-state index contributed by atoms with van der Waals surface area (Å²) in [4.78, 5) is 10.3. The van der Waals surface area contributed by atoms with Crippen LogP contribution in [0.1, 0.15) is 16.7 Å². The number of hydrogen-bond donors (Lipinski definition) is 1. The van der Waals surface area contributed by atoms with E-state index in [0.717, 1.165) is 0 Å². The largest absolute Gasteiger partial charge is 0.410 e. The maximum atomic E-state index is 10.8. The Bertz CT molecular complexity index is 819. The predicted molar refractivity (Wildman–Crippen MR) is 70.7 cm³/mol. The van der Waals surface area contributed by atoms with Crippen molar-refractivity contribution in [1.29, 1.82) is 5.26 Å². The third kappa shape index (κ3) is 1.47. The van der Waals surface area contributed by atoms with Gasteiger partial charge in [-0.25, -0.2) is 0 Å². The van der Waals surface area contributed by atoms with Crippen LogP contribution in [0.15, 0.2) is 41.6 Å². The second-order valence-corrected chi connectivity index (χ2v) is 4.28. The lowest BCUT2D eigenvalue weighted by atomic mass is 10.0. The number of fused-ring (bicyclic) bond motifs is 3. The lowest BCUT2D eigenvalue weighted by Gasteiger charge is -2.01. The molecule has 0 heterocycles. The van der Waals surface area contributed by atoms with Gasteiger partial charge in [-0.05, 0) is 17.7 Å². The fraction of sp³-hybridized carbons (Fsp3) is 0. The molecule has 0 saturated heterocycles. The first kappa shape index (κ1) is 11.9. The molecule has 0 bridgehead atoms. The van der Waals surface area contributed by atoms with Crippen molar-refractivity contribution in [3.63, 3.8) is 0 Å². The minimum absolute atomic E-state index is 0.0868. The van der Waals surface area contributed by atoms with E-state index in [1.165, 1.54) is 12.1 Å². The molecule has 0 unspecified atom stereocenters. The summed E-state index contributed by atoms with van der Waals surface area (Å²) in [5, 5.41) is 32.4. The Balaban J connectivity index is 2.37. The molecule has 6 heteroatoms. The summed E-state index contributed by atoms with van der Waals surface area (Å²) in [6, 6.07) is 11.4. The molecule has 0 aliphatic heterocycles. The topological polar surface area (TPSA) is 99.5 Å². The van der Waals surface area contributed by atoms with Crippen molar-refractivity contribution >= 4 is 11.4 Å². The lowest BCUT2D eigenvalue weighted by Crippen LogP contribution is -1.99. The molecular formula is C14H7N3O3. The molecule has 1 aliphatic carbocycles. The third-order valence-electron chi connectivity index (χ3n) is 3.28. The quantitative estimate of drug-likeness (QED) is 0.415. The number of rotatable bonds is 1. The zero-order valence-electron chi connectivity index (χ0n) is 10.1. The minimum Gasteiger partial charge on any atom is -0.410 e. The SMILES string of the molecule is N#Cc1cccc2c1-c1ccc([N+](=O)[O-])cc1/C2=N\O. The molecule has 20 heavy (non-hydrogen) atoms. The van der Waals surface area contributed by atoms with E-state index in [-0.39, 0.29) is 11.4 Å². The third-order valence-corrected chi connectivity index (χ3v) is 3.28. The standard InChI is InChI=1S/C14H7N3O3/c15-7-8-2-1-3-11-13(8)10-5-4-9(17(19)20)6-12(10)14(11)16-18/h1-6,18H/b16-14-. The van der Waals surface area contributed by atoms with Gasteiger partial charge in [0.05, 0.1) is 16.6 Å². The molecule has 6 nitrogen and oxygen atoms in total. The van der Waals surface area contributed by atoms with E-state index in [2.05, 4.69) is 11.2 Å². The van der Waals surface area contributed by atoms with Crippen LogP contribution in [0.3, 0.4) is 0 Å². The number of nitro benzene ring substituents is 1. The van der Waals surface area contributed by atoms with Crippen molar-refractivity contribution in [3.05, 3.63) is 63.2 Å². The molecule has 1 N–H and O–H groups in total. The van der Waals surface area contributed by atoms with Gasteiger partial charge >= 0.3 is 0 Å². The van der Waals surface area contributed by atoms with Gasteiger partial charge in [0.15, 0.2) is 0 Å². The highest BCUT2D eigenvalue weighted by molar-refractivity contribution is 6.25. The van der Waals surface area contributed by atoms with Crippen molar-refractivity contribution in [3.8, 4) is 17.2 Å². The molecule has 0 radical (unpaired) electrons. The van der Waals surface area contributed by atoms with Crippen LogP contribution in [0.4, 0.5) is 5.69 Å². The van der Waals surface area contributed by atoms with Gasteiger partial charge in [-0.15, -0.1) is 0 Å². The molecule has 3 rings (SSSR count). The van der Waals surface area contributed by atoms with Crippen LogP contribution in [0.2, 0.25) is 0 Å². The van der Waals surface area contributed by atoms with Gasteiger partial charge in [0, 0.05) is 28.8 Å². The number of oxime groups is 1. The number of benzene rings is 2. The molecule has 0 atom stereocenters. The Labute approximate surface area is 113 Å². The van der Waals surface area contributed by atoms with E-state index in [0.29, 0.717) is 27.8 Å². The average Bonchev–Trinajstić information content (AvgIpc) is 2.79. The monoisotopic (exact) mass is 265 g/mol. The van der Waals surface area contributed by atoms with Gasteiger partial charge in [0.2, 0.25) is 0 Å². The normalized spacial score (nSPS) is 13.7. The van der Waals surface area contributed by atoms with Crippen molar-refractivity contribution < 1.29 is 10.1 Å². The Morgan fingerprint density at radius 3 is 2.65 bits per heavy atom. The number of nitrogens with zero attached hydrogens (tertiary/aromatic N) is 3. The molecule has 0 aromatic heterocycles. The first-order chi connectivity index (χ1) is 9.67. The van der Waals surface area contributed by atoms with Gasteiger partial charge < -0.3 is 5.21 Å². The van der Waals surface area contributed by atoms with Crippen molar-refractivity contribution in [2.24, 2.45) is 5.16 Å².